The number of thioether (sulfide) groups is 2. The molecule has 0 bridgehead atoms. The van der Waals surface area contributed by atoms with Gasteiger partial charge in [-0.3, -0.25) is 0 Å². The van der Waals surface area contributed by atoms with Crippen LogP contribution in [0.2, 0.25) is 0 Å². The van der Waals surface area contributed by atoms with E-state index in [1.807, 2.05) is 23.5 Å². The van der Waals surface area contributed by atoms with Crippen molar-refractivity contribution in [2.75, 3.05) is 23.4 Å². The number of rotatable bonds is 0. The summed E-state index contributed by atoms with van der Waals surface area (Å²) in [5.74, 6) is 4.33. The summed E-state index contributed by atoms with van der Waals surface area (Å²) in [7, 11) is 0. The molecule has 3 heteroatoms. The minimum absolute atomic E-state index is 0.896. The second kappa shape index (κ2) is 4.53. The van der Waals surface area contributed by atoms with Gasteiger partial charge in [-0.25, -0.2) is 0 Å². The molecule has 0 saturated carbocycles. The Balaban J connectivity index is 2.00. The first-order valence-corrected chi connectivity index (χ1v) is 5.04. The Morgan fingerprint density at radius 3 is 2.25 bits per heavy atom. The molecule has 0 amide bonds. The van der Waals surface area contributed by atoms with Crippen LogP contribution in [-0.4, -0.2) is 23.4 Å². The molecule has 1 nitrogen and oxygen atoms in total. The van der Waals surface area contributed by atoms with Crippen molar-refractivity contribution in [1.82, 2.24) is 0 Å². The van der Waals surface area contributed by atoms with Gasteiger partial charge < -0.3 is 4.74 Å². The maximum atomic E-state index is 5.20. The molecule has 1 aliphatic heterocycles. The highest BCUT2D eigenvalue weighted by Crippen LogP contribution is 2.12. The highest BCUT2D eigenvalue weighted by atomic mass is 32.2. The van der Waals surface area contributed by atoms with Crippen molar-refractivity contribution in [3.05, 3.63) is 0 Å². The quantitative estimate of drug-likeness (QED) is 0.521. The Kier molecular flexibility index (Phi) is 3.84. The van der Waals surface area contributed by atoms with Crippen LogP contribution < -0.4 is 0 Å². The van der Waals surface area contributed by atoms with E-state index >= 15 is 0 Å². The van der Waals surface area contributed by atoms with Gasteiger partial charge in [-0.2, -0.15) is 0 Å². The zero-order valence-corrected chi connectivity index (χ0v) is 6.39. The lowest BCUT2D eigenvalue weighted by atomic mass is 10.6. The predicted octanol–water partition coefficient (Wildman–Crippen LogP) is 1.79. The van der Waals surface area contributed by atoms with Crippen LogP contribution >= 0.6 is 23.5 Å². The lowest BCUT2D eigenvalue weighted by Crippen LogP contribution is -1.97. The molecule has 1 aliphatic rings. The van der Waals surface area contributed by atoms with Gasteiger partial charge in [0.15, 0.2) is 0 Å². The van der Waals surface area contributed by atoms with Crippen LogP contribution in [0.25, 0.3) is 0 Å². The van der Waals surface area contributed by atoms with Crippen LogP contribution in [0.4, 0.5) is 0 Å². The Hall–Kier alpha value is 0.660. The summed E-state index contributed by atoms with van der Waals surface area (Å²) in [6.07, 6.45) is 1.35. The molecule has 1 saturated heterocycles. The fraction of sp³-hybridized carbons (Fsp3) is 1.00. The molecular weight excluding hydrogens is 140 g/mol. The van der Waals surface area contributed by atoms with Crippen LogP contribution in [0, 0.1) is 0 Å². The average Bonchev–Trinajstić information content (AvgIpc) is 1.62. The highest BCUT2D eigenvalue weighted by molar-refractivity contribution is 8.00. The molecule has 0 atom stereocenters. The molecule has 1 rings (SSSR count). The van der Waals surface area contributed by atoms with Crippen molar-refractivity contribution >= 4 is 23.5 Å². The largest absolute Gasteiger partial charge is 0.360 e. The molecular formula is C5H10OS2. The van der Waals surface area contributed by atoms with Crippen molar-refractivity contribution in [1.29, 1.82) is 0 Å². The van der Waals surface area contributed by atoms with Gasteiger partial charge >= 0.3 is 0 Å². The zero-order chi connectivity index (χ0) is 5.66. The Labute approximate surface area is 58.6 Å². The molecule has 8 heavy (non-hydrogen) atoms. The van der Waals surface area contributed by atoms with E-state index in [1.54, 1.807) is 0 Å². The number of ether oxygens (including phenoxy) is 1. The fourth-order valence-corrected chi connectivity index (χ4v) is 2.16. The van der Waals surface area contributed by atoms with Crippen molar-refractivity contribution in [2.45, 2.75) is 6.42 Å². The van der Waals surface area contributed by atoms with Gasteiger partial charge in [0.05, 0.1) is 11.9 Å². The van der Waals surface area contributed by atoms with Gasteiger partial charge in [-0.1, -0.05) is 0 Å². The second-order valence-electron chi connectivity index (χ2n) is 1.61. The van der Waals surface area contributed by atoms with Crippen LogP contribution in [0.1, 0.15) is 6.42 Å². The Morgan fingerprint density at radius 2 is 1.62 bits per heavy atom. The molecule has 0 aliphatic carbocycles. The van der Waals surface area contributed by atoms with E-state index in [1.165, 1.54) is 17.9 Å². The highest BCUT2D eigenvalue weighted by Gasteiger charge is 1.95. The second-order valence-corrected chi connectivity index (χ2v) is 3.71. The molecule has 48 valence electrons. The molecule has 0 spiro atoms. The van der Waals surface area contributed by atoms with Gasteiger partial charge in [0.25, 0.3) is 0 Å². The van der Waals surface area contributed by atoms with Crippen molar-refractivity contribution < 1.29 is 4.74 Å². The topological polar surface area (TPSA) is 9.23 Å². The summed E-state index contributed by atoms with van der Waals surface area (Å²) < 4.78 is 5.20. The van der Waals surface area contributed by atoms with Crippen LogP contribution in [0.3, 0.4) is 0 Å². The Bertz CT molecular complexity index is 34.4. The summed E-state index contributed by atoms with van der Waals surface area (Å²) in [5.41, 5.74) is 0. The maximum Gasteiger partial charge on any atom is 0.0932 e. The molecule has 0 unspecified atom stereocenters. The first-order valence-electron chi connectivity index (χ1n) is 2.73. The van der Waals surface area contributed by atoms with E-state index in [2.05, 4.69) is 0 Å². The van der Waals surface area contributed by atoms with Gasteiger partial charge in [0, 0.05) is 0 Å². The molecule has 0 radical (unpaired) electrons. The first kappa shape index (κ1) is 6.78. The van der Waals surface area contributed by atoms with Crippen molar-refractivity contribution in [3.8, 4) is 0 Å². The van der Waals surface area contributed by atoms with Crippen molar-refractivity contribution in [3.63, 3.8) is 0 Å². The minimum atomic E-state index is 0.896. The molecule has 1 heterocycles. The molecule has 0 aromatic carbocycles. The summed E-state index contributed by atoms with van der Waals surface area (Å²) in [4.78, 5) is 0. The van der Waals surface area contributed by atoms with E-state index in [0.29, 0.717) is 0 Å². The lowest BCUT2D eigenvalue weighted by Gasteiger charge is -2.07. The van der Waals surface area contributed by atoms with Crippen LogP contribution in [-0.2, 0) is 4.74 Å². The number of hydrogen-bond donors (Lipinski definition) is 0. The standard InChI is InChI=1S/C5H10OS2/c1-2-7-4-6-5-8-3-1/h1-5H2. The third-order valence-electron chi connectivity index (χ3n) is 0.911. The smallest absolute Gasteiger partial charge is 0.0932 e. The Morgan fingerprint density at radius 1 is 1.00 bits per heavy atom. The van der Waals surface area contributed by atoms with Crippen molar-refractivity contribution in [2.24, 2.45) is 0 Å². The van der Waals surface area contributed by atoms with E-state index in [9.17, 15) is 0 Å². The van der Waals surface area contributed by atoms with Crippen LogP contribution in [0.15, 0.2) is 0 Å². The summed E-state index contributed by atoms with van der Waals surface area (Å²) in [6.45, 7) is 0. The SMILES string of the molecule is C1CSCOCSC1. The number of hydrogen-bond acceptors (Lipinski definition) is 3. The minimum Gasteiger partial charge on any atom is -0.360 e. The third-order valence-corrected chi connectivity index (χ3v) is 2.73. The van der Waals surface area contributed by atoms with Gasteiger partial charge in [0.1, 0.15) is 0 Å². The van der Waals surface area contributed by atoms with E-state index in [0.717, 1.165) is 11.9 Å². The van der Waals surface area contributed by atoms with Crippen LogP contribution in [0.5, 0.6) is 0 Å². The normalized spacial score (nSPS) is 24.0. The zero-order valence-electron chi connectivity index (χ0n) is 4.76. The maximum absolute atomic E-state index is 5.20. The average molecular weight is 150 g/mol. The lowest BCUT2D eigenvalue weighted by molar-refractivity contribution is 0.240. The predicted molar refractivity (Wildman–Crippen MR) is 40.4 cm³/mol. The molecule has 0 aromatic heterocycles. The monoisotopic (exact) mass is 150 g/mol. The summed E-state index contributed by atoms with van der Waals surface area (Å²) in [6, 6.07) is 0. The van der Waals surface area contributed by atoms with E-state index in [-0.39, 0.29) is 0 Å². The first-order chi connectivity index (χ1) is 4.00. The summed E-state index contributed by atoms with van der Waals surface area (Å²) in [5, 5.41) is 0. The molecule has 0 N–H and O–H groups in total. The van der Waals surface area contributed by atoms with E-state index < -0.39 is 0 Å². The van der Waals surface area contributed by atoms with Gasteiger partial charge in [-0.15, -0.1) is 23.5 Å². The summed E-state index contributed by atoms with van der Waals surface area (Å²) >= 11 is 3.79. The molecule has 0 aromatic rings. The third kappa shape index (κ3) is 2.84. The molecule has 1 fully saturated rings. The van der Waals surface area contributed by atoms with E-state index in [4.69, 9.17) is 4.74 Å². The fourth-order valence-electron chi connectivity index (χ4n) is 0.533. The van der Waals surface area contributed by atoms with Gasteiger partial charge in [-0.05, 0) is 17.9 Å². The van der Waals surface area contributed by atoms with Gasteiger partial charge in [0.2, 0.25) is 0 Å².